The van der Waals surface area contributed by atoms with Gasteiger partial charge in [0, 0.05) is 11.6 Å². The molecule has 124 valence electrons. The van der Waals surface area contributed by atoms with E-state index in [0.717, 1.165) is 18.7 Å². The van der Waals surface area contributed by atoms with Gasteiger partial charge in [-0.25, -0.2) is 4.79 Å². The highest BCUT2D eigenvalue weighted by Crippen LogP contribution is 2.23. The average molecular weight is 326 g/mol. The van der Waals surface area contributed by atoms with Crippen LogP contribution in [0.2, 0.25) is 0 Å². The summed E-state index contributed by atoms with van der Waals surface area (Å²) < 4.78 is 10.0. The molecule has 0 aliphatic carbocycles. The second-order valence-corrected chi connectivity index (χ2v) is 5.14. The van der Waals surface area contributed by atoms with Crippen LogP contribution in [0.4, 0.5) is 0 Å². The molecule has 5 nitrogen and oxygen atoms in total. The molecule has 0 atom stereocenters. The van der Waals surface area contributed by atoms with E-state index in [1.807, 2.05) is 30.3 Å². The van der Waals surface area contributed by atoms with Gasteiger partial charge in [-0.1, -0.05) is 30.3 Å². The molecule has 0 spiro atoms. The normalized spacial score (nSPS) is 11.0. The minimum absolute atomic E-state index is 0.294. The highest BCUT2D eigenvalue weighted by atomic mass is 16.5. The standard InChI is InChI=1S/C19H18O5/c1-13-10-15(24-12-14-6-4-3-5-7-14)8-9-16(13)17(20)11-18(21)19(22)23-2/h3-11,20H,12H2,1-2H3/b17-11-. The van der Waals surface area contributed by atoms with Gasteiger partial charge in [0.1, 0.15) is 18.1 Å². The van der Waals surface area contributed by atoms with E-state index in [9.17, 15) is 14.7 Å². The third-order valence-electron chi connectivity index (χ3n) is 3.38. The number of aryl methyl sites for hydroxylation is 1. The summed E-state index contributed by atoms with van der Waals surface area (Å²) in [5.74, 6) is -1.59. The number of carbonyl (C=O) groups excluding carboxylic acids is 2. The van der Waals surface area contributed by atoms with Gasteiger partial charge in [-0.05, 0) is 36.2 Å². The van der Waals surface area contributed by atoms with Crippen molar-refractivity contribution in [2.45, 2.75) is 13.5 Å². The molecule has 2 aromatic carbocycles. The van der Waals surface area contributed by atoms with Gasteiger partial charge in [0.15, 0.2) is 0 Å². The lowest BCUT2D eigenvalue weighted by atomic mass is 10.1. The average Bonchev–Trinajstić information content (AvgIpc) is 2.60. The van der Waals surface area contributed by atoms with Crippen LogP contribution in [0.25, 0.3) is 5.76 Å². The van der Waals surface area contributed by atoms with Gasteiger partial charge in [-0.15, -0.1) is 0 Å². The van der Waals surface area contributed by atoms with Crippen molar-refractivity contribution in [3.63, 3.8) is 0 Å². The maximum absolute atomic E-state index is 11.5. The summed E-state index contributed by atoms with van der Waals surface area (Å²) in [4.78, 5) is 22.5. The zero-order valence-corrected chi connectivity index (χ0v) is 13.5. The summed E-state index contributed by atoms with van der Waals surface area (Å²) in [7, 11) is 1.11. The molecule has 0 saturated heterocycles. The van der Waals surface area contributed by atoms with Gasteiger partial charge < -0.3 is 14.6 Å². The van der Waals surface area contributed by atoms with Crippen LogP contribution in [0.5, 0.6) is 5.75 Å². The maximum Gasteiger partial charge on any atom is 0.378 e. The Bertz CT molecular complexity index is 763. The molecule has 0 aliphatic heterocycles. The Morgan fingerprint density at radius 2 is 1.83 bits per heavy atom. The van der Waals surface area contributed by atoms with Gasteiger partial charge in [0.2, 0.25) is 0 Å². The van der Waals surface area contributed by atoms with Crippen molar-refractivity contribution in [2.75, 3.05) is 7.11 Å². The lowest BCUT2D eigenvalue weighted by molar-refractivity contribution is -0.149. The molecule has 0 saturated carbocycles. The van der Waals surface area contributed by atoms with Crippen molar-refractivity contribution in [3.8, 4) is 5.75 Å². The van der Waals surface area contributed by atoms with Gasteiger partial charge in [0.25, 0.3) is 5.78 Å². The predicted molar refractivity (Wildman–Crippen MR) is 89.6 cm³/mol. The summed E-state index contributed by atoms with van der Waals surface area (Å²) in [6.07, 6.45) is 0.846. The summed E-state index contributed by atoms with van der Waals surface area (Å²) in [5.41, 5.74) is 2.21. The van der Waals surface area contributed by atoms with E-state index in [1.54, 1.807) is 25.1 Å². The van der Waals surface area contributed by atoms with E-state index in [2.05, 4.69) is 4.74 Å². The Labute approximate surface area is 140 Å². The maximum atomic E-state index is 11.5. The van der Waals surface area contributed by atoms with E-state index in [-0.39, 0.29) is 5.76 Å². The number of methoxy groups -OCH3 is 1. The largest absolute Gasteiger partial charge is 0.507 e. The highest BCUT2D eigenvalue weighted by molar-refractivity contribution is 6.39. The fraction of sp³-hybridized carbons (Fsp3) is 0.158. The van der Waals surface area contributed by atoms with E-state index >= 15 is 0 Å². The number of esters is 1. The van der Waals surface area contributed by atoms with Crippen LogP contribution in [-0.2, 0) is 20.9 Å². The van der Waals surface area contributed by atoms with Gasteiger partial charge in [0.05, 0.1) is 7.11 Å². The molecule has 0 heterocycles. The summed E-state index contributed by atoms with van der Waals surface area (Å²) in [5, 5.41) is 10.0. The van der Waals surface area contributed by atoms with E-state index in [0.29, 0.717) is 23.5 Å². The lowest BCUT2D eigenvalue weighted by Crippen LogP contribution is -2.13. The second-order valence-electron chi connectivity index (χ2n) is 5.14. The molecule has 0 fully saturated rings. The van der Waals surface area contributed by atoms with Crippen LogP contribution in [0, 0.1) is 6.92 Å². The number of aliphatic hydroxyl groups excluding tert-OH is 1. The molecule has 5 heteroatoms. The first kappa shape index (κ1) is 17.3. The van der Waals surface area contributed by atoms with Crippen LogP contribution < -0.4 is 4.74 Å². The number of ketones is 1. The van der Waals surface area contributed by atoms with Crippen LogP contribution in [0.1, 0.15) is 16.7 Å². The number of hydrogen-bond acceptors (Lipinski definition) is 5. The number of aliphatic hydroxyl groups is 1. The first-order chi connectivity index (χ1) is 11.5. The van der Waals surface area contributed by atoms with E-state index in [4.69, 9.17) is 4.74 Å². The predicted octanol–water partition coefficient (Wildman–Crippen LogP) is 3.22. The molecular weight excluding hydrogens is 308 g/mol. The summed E-state index contributed by atoms with van der Waals surface area (Å²) >= 11 is 0. The molecule has 0 aromatic heterocycles. The molecule has 24 heavy (non-hydrogen) atoms. The fourth-order valence-corrected chi connectivity index (χ4v) is 2.12. The molecule has 0 aliphatic rings. The van der Waals surface area contributed by atoms with Crippen molar-refractivity contribution in [1.29, 1.82) is 0 Å². The Balaban J connectivity index is 2.10. The third kappa shape index (κ3) is 4.46. The molecule has 0 unspecified atom stereocenters. The Kier molecular flexibility index (Phi) is 5.73. The van der Waals surface area contributed by atoms with Crippen molar-refractivity contribution in [2.24, 2.45) is 0 Å². The van der Waals surface area contributed by atoms with Gasteiger partial charge >= 0.3 is 5.97 Å². The Hall–Kier alpha value is -3.08. The smallest absolute Gasteiger partial charge is 0.378 e. The van der Waals surface area contributed by atoms with Crippen molar-refractivity contribution < 1.29 is 24.2 Å². The number of ether oxygens (including phenoxy) is 2. The minimum Gasteiger partial charge on any atom is -0.507 e. The lowest BCUT2D eigenvalue weighted by Gasteiger charge is -2.10. The fourth-order valence-electron chi connectivity index (χ4n) is 2.12. The monoisotopic (exact) mass is 326 g/mol. The topological polar surface area (TPSA) is 72.8 Å². The molecular formula is C19H18O5. The third-order valence-corrected chi connectivity index (χ3v) is 3.38. The minimum atomic E-state index is -1.03. The number of benzene rings is 2. The van der Waals surface area contributed by atoms with Gasteiger partial charge in [-0.3, -0.25) is 4.79 Å². The van der Waals surface area contributed by atoms with Crippen LogP contribution >= 0.6 is 0 Å². The molecule has 0 radical (unpaired) electrons. The second kappa shape index (κ2) is 7.97. The molecule has 2 rings (SSSR count). The van der Waals surface area contributed by atoms with Crippen molar-refractivity contribution in [3.05, 3.63) is 71.3 Å². The van der Waals surface area contributed by atoms with Crippen molar-refractivity contribution >= 4 is 17.5 Å². The quantitative estimate of drug-likeness (QED) is 0.382. The van der Waals surface area contributed by atoms with E-state index < -0.39 is 11.8 Å². The Morgan fingerprint density at radius 3 is 2.46 bits per heavy atom. The van der Waals surface area contributed by atoms with Crippen molar-refractivity contribution in [1.82, 2.24) is 0 Å². The molecule has 0 amide bonds. The number of hydrogen-bond donors (Lipinski definition) is 1. The van der Waals surface area contributed by atoms with Crippen LogP contribution in [0.3, 0.4) is 0 Å². The first-order valence-electron chi connectivity index (χ1n) is 7.32. The number of carbonyl (C=O) groups is 2. The summed E-state index contributed by atoms with van der Waals surface area (Å²) in [6.45, 7) is 2.21. The molecule has 2 aromatic rings. The highest BCUT2D eigenvalue weighted by Gasteiger charge is 2.14. The Morgan fingerprint density at radius 1 is 1.12 bits per heavy atom. The molecule has 0 bridgehead atoms. The summed E-state index contributed by atoms with van der Waals surface area (Å²) in [6, 6.07) is 14.8. The van der Waals surface area contributed by atoms with Crippen LogP contribution in [-0.4, -0.2) is 24.0 Å². The van der Waals surface area contributed by atoms with Crippen LogP contribution in [0.15, 0.2) is 54.6 Å². The number of rotatable bonds is 6. The zero-order valence-electron chi connectivity index (χ0n) is 13.5. The first-order valence-corrected chi connectivity index (χ1v) is 7.32. The SMILES string of the molecule is COC(=O)C(=O)/C=C(\O)c1ccc(OCc2ccccc2)cc1C. The zero-order chi connectivity index (χ0) is 17.5. The van der Waals surface area contributed by atoms with E-state index in [1.165, 1.54) is 0 Å². The van der Waals surface area contributed by atoms with Gasteiger partial charge in [-0.2, -0.15) is 0 Å². The molecule has 1 N–H and O–H groups in total.